The highest BCUT2D eigenvalue weighted by molar-refractivity contribution is 5.88. The zero-order valence-electron chi connectivity index (χ0n) is 12.1. The molecule has 110 valence electrons. The van der Waals surface area contributed by atoms with Gasteiger partial charge in [0.25, 0.3) is 0 Å². The molecule has 0 saturated carbocycles. The predicted molar refractivity (Wildman–Crippen MR) is 85.0 cm³/mol. The van der Waals surface area contributed by atoms with Crippen LogP contribution in [0.5, 0.6) is 0 Å². The molecule has 0 saturated heterocycles. The van der Waals surface area contributed by atoms with Crippen LogP contribution in [0.4, 0.5) is 5.69 Å². The van der Waals surface area contributed by atoms with Crippen LogP contribution in [-0.4, -0.2) is 21.0 Å². The molecule has 0 amide bonds. The number of hydrogen-bond acceptors (Lipinski definition) is 4. The molecular weight excluding hydrogens is 278 g/mol. The van der Waals surface area contributed by atoms with Gasteiger partial charge in [0, 0.05) is 5.69 Å². The Morgan fingerprint density at radius 3 is 2.32 bits per heavy atom. The Balaban J connectivity index is 1.78. The van der Waals surface area contributed by atoms with Gasteiger partial charge in [0.15, 0.2) is 0 Å². The van der Waals surface area contributed by atoms with Gasteiger partial charge in [-0.15, -0.1) is 0 Å². The van der Waals surface area contributed by atoms with Crippen molar-refractivity contribution in [2.24, 2.45) is 0 Å². The lowest BCUT2D eigenvalue weighted by atomic mass is 10.2. The molecule has 2 aromatic carbocycles. The fourth-order valence-corrected chi connectivity index (χ4v) is 2.21. The molecule has 0 aliphatic heterocycles. The van der Waals surface area contributed by atoms with Gasteiger partial charge in [-0.05, 0) is 43.3 Å². The number of carbonyl (C=O) groups is 1. The van der Waals surface area contributed by atoms with Gasteiger partial charge in [-0.25, -0.2) is 14.8 Å². The quantitative estimate of drug-likeness (QED) is 0.772. The van der Waals surface area contributed by atoms with Crippen LogP contribution < -0.4 is 5.32 Å². The Morgan fingerprint density at radius 2 is 1.68 bits per heavy atom. The summed E-state index contributed by atoms with van der Waals surface area (Å²) in [5.41, 5.74) is 4.63. The summed E-state index contributed by atoms with van der Waals surface area (Å²) in [7, 11) is 0. The van der Waals surface area contributed by atoms with Crippen LogP contribution in [-0.2, 0) is 6.54 Å². The Labute approximate surface area is 127 Å². The summed E-state index contributed by atoms with van der Waals surface area (Å²) in [6.07, 6.45) is 0. The number of anilines is 1. The van der Waals surface area contributed by atoms with Crippen LogP contribution in [0.2, 0.25) is 0 Å². The molecule has 0 atom stereocenters. The molecule has 0 aliphatic rings. The second-order valence-corrected chi connectivity index (χ2v) is 4.98. The molecule has 1 aromatic heterocycles. The van der Waals surface area contributed by atoms with Crippen LogP contribution in [0.3, 0.4) is 0 Å². The van der Waals surface area contributed by atoms with Crippen molar-refractivity contribution in [2.45, 2.75) is 13.5 Å². The van der Waals surface area contributed by atoms with Crippen molar-refractivity contribution in [3.8, 4) is 0 Å². The molecular formula is C17H15N3O2. The standard InChI is InChI=1S/C17H15N3O2/c1-11-16(20-15-5-3-2-4-14(15)19-11)10-18-13-8-6-12(7-9-13)17(21)22/h2-9,18H,10H2,1H3,(H,21,22). The van der Waals surface area contributed by atoms with Crippen LogP contribution in [0.1, 0.15) is 21.7 Å². The monoisotopic (exact) mass is 293 g/mol. The number of benzene rings is 2. The minimum absolute atomic E-state index is 0.271. The Kier molecular flexibility index (Phi) is 3.70. The first kappa shape index (κ1) is 14.0. The summed E-state index contributed by atoms with van der Waals surface area (Å²) in [5, 5.41) is 12.1. The van der Waals surface area contributed by atoms with E-state index in [4.69, 9.17) is 5.11 Å². The SMILES string of the molecule is Cc1nc2ccccc2nc1CNc1ccc(C(=O)O)cc1. The van der Waals surface area contributed by atoms with Crippen molar-refractivity contribution >= 4 is 22.7 Å². The molecule has 2 N–H and O–H groups in total. The highest BCUT2D eigenvalue weighted by Gasteiger charge is 2.06. The van der Waals surface area contributed by atoms with E-state index in [1.165, 1.54) is 0 Å². The summed E-state index contributed by atoms with van der Waals surface area (Å²) in [5.74, 6) is -0.928. The van der Waals surface area contributed by atoms with E-state index in [0.29, 0.717) is 6.54 Å². The molecule has 0 bridgehead atoms. The van der Waals surface area contributed by atoms with Gasteiger partial charge in [0.1, 0.15) is 0 Å². The van der Waals surface area contributed by atoms with Gasteiger partial charge in [0.05, 0.1) is 34.5 Å². The number of nitrogens with one attached hydrogen (secondary N) is 1. The van der Waals surface area contributed by atoms with E-state index >= 15 is 0 Å². The lowest BCUT2D eigenvalue weighted by Crippen LogP contribution is -2.06. The maximum absolute atomic E-state index is 10.8. The molecule has 0 spiro atoms. The fourth-order valence-electron chi connectivity index (χ4n) is 2.21. The molecule has 3 rings (SSSR count). The van der Waals surface area contributed by atoms with Crippen LogP contribution >= 0.6 is 0 Å². The van der Waals surface area contributed by atoms with Crippen molar-refractivity contribution in [3.63, 3.8) is 0 Å². The van der Waals surface area contributed by atoms with Crippen molar-refractivity contribution in [1.29, 1.82) is 0 Å². The second kappa shape index (κ2) is 5.81. The zero-order valence-corrected chi connectivity index (χ0v) is 12.1. The Hall–Kier alpha value is -2.95. The number of fused-ring (bicyclic) bond motifs is 1. The summed E-state index contributed by atoms with van der Waals surface area (Å²) >= 11 is 0. The topological polar surface area (TPSA) is 75.1 Å². The van der Waals surface area contributed by atoms with E-state index in [1.54, 1.807) is 24.3 Å². The summed E-state index contributed by atoms with van der Waals surface area (Å²) < 4.78 is 0. The van der Waals surface area contributed by atoms with Gasteiger partial charge in [-0.1, -0.05) is 12.1 Å². The lowest BCUT2D eigenvalue weighted by molar-refractivity contribution is 0.0697. The van der Waals surface area contributed by atoms with Crippen molar-refractivity contribution in [3.05, 3.63) is 65.5 Å². The Bertz CT molecular complexity index is 829. The zero-order chi connectivity index (χ0) is 15.5. The fraction of sp³-hybridized carbons (Fsp3) is 0.118. The first-order valence-corrected chi connectivity index (χ1v) is 6.93. The second-order valence-electron chi connectivity index (χ2n) is 4.98. The summed E-state index contributed by atoms with van der Waals surface area (Å²) in [6, 6.07) is 14.4. The van der Waals surface area contributed by atoms with E-state index in [-0.39, 0.29) is 5.56 Å². The minimum Gasteiger partial charge on any atom is -0.478 e. The number of para-hydroxylation sites is 2. The average Bonchev–Trinajstić information content (AvgIpc) is 2.53. The molecule has 0 radical (unpaired) electrons. The van der Waals surface area contributed by atoms with Crippen molar-refractivity contribution in [1.82, 2.24) is 9.97 Å². The highest BCUT2D eigenvalue weighted by atomic mass is 16.4. The first-order chi connectivity index (χ1) is 10.6. The van der Waals surface area contributed by atoms with Gasteiger partial charge < -0.3 is 10.4 Å². The largest absolute Gasteiger partial charge is 0.478 e. The van der Waals surface area contributed by atoms with Crippen LogP contribution in [0.15, 0.2) is 48.5 Å². The summed E-state index contributed by atoms with van der Waals surface area (Å²) in [4.78, 5) is 20.0. The predicted octanol–water partition coefficient (Wildman–Crippen LogP) is 3.25. The highest BCUT2D eigenvalue weighted by Crippen LogP contribution is 2.15. The molecule has 1 heterocycles. The average molecular weight is 293 g/mol. The molecule has 5 nitrogen and oxygen atoms in total. The van der Waals surface area contributed by atoms with Gasteiger partial charge in [-0.2, -0.15) is 0 Å². The van der Waals surface area contributed by atoms with Crippen LogP contribution in [0, 0.1) is 6.92 Å². The third-order valence-corrected chi connectivity index (χ3v) is 3.43. The normalized spacial score (nSPS) is 10.6. The van der Waals surface area contributed by atoms with E-state index in [0.717, 1.165) is 28.1 Å². The number of nitrogens with zero attached hydrogens (tertiary/aromatic N) is 2. The minimum atomic E-state index is -0.928. The van der Waals surface area contributed by atoms with Gasteiger partial charge in [0.2, 0.25) is 0 Å². The van der Waals surface area contributed by atoms with Gasteiger partial charge >= 0.3 is 5.97 Å². The maximum atomic E-state index is 10.8. The molecule has 3 aromatic rings. The van der Waals surface area contributed by atoms with E-state index in [2.05, 4.69) is 15.3 Å². The van der Waals surface area contributed by atoms with Crippen molar-refractivity contribution in [2.75, 3.05) is 5.32 Å². The lowest BCUT2D eigenvalue weighted by Gasteiger charge is -2.09. The van der Waals surface area contributed by atoms with E-state index < -0.39 is 5.97 Å². The summed E-state index contributed by atoms with van der Waals surface area (Å²) in [6.45, 7) is 2.47. The third kappa shape index (κ3) is 2.88. The molecule has 22 heavy (non-hydrogen) atoms. The van der Waals surface area contributed by atoms with E-state index in [1.807, 2.05) is 31.2 Å². The molecule has 0 aliphatic carbocycles. The van der Waals surface area contributed by atoms with Gasteiger partial charge in [-0.3, -0.25) is 0 Å². The first-order valence-electron chi connectivity index (χ1n) is 6.93. The number of aryl methyl sites for hydroxylation is 1. The number of carboxylic acids is 1. The number of aromatic carboxylic acids is 1. The smallest absolute Gasteiger partial charge is 0.335 e. The molecule has 5 heteroatoms. The van der Waals surface area contributed by atoms with E-state index in [9.17, 15) is 4.79 Å². The number of rotatable bonds is 4. The number of hydrogen-bond donors (Lipinski definition) is 2. The third-order valence-electron chi connectivity index (χ3n) is 3.43. The number of aromatic nitrogens is 2. The number of carboxylic acid groups (broad SMARTS) is 1. The van der Waals surface area contributed by atoms with Crippen molar-refractivity contribution < 1.29 is 9.90 Å². The van der Waals surface area contributed by atoms with Crippen LogP contribution in [0.25, 0.3) is 11.0 Å². The maximum Gasteiger partial charge on any atom is 0.335 e. The molecule has 0 fully saturated rings. The Morgan fingerprint density at radius 1 is 1.05 bits per heavy atom. The molecule has 0 unspecified atom stereocenters.